The zero-order valence-electron chi connectivity index (χ0n) is 10.5. The van der Waals surface area contributed by atoms with E-state index in [9.17, 15) is 0 Å². The van der Waals surface area contributed by atoms with Gasteiger partial charge in [-0.2, -0.15) is 0 Å². The quantitative estimate of drug-likeness (QED) is 0.878. The van der Waals surface area contributed by atoms with Crippen LogP contribution in [-0.2, 0) is 6.54 Å². The van der Waals surface area contributed by atoms with Crippen molar-refractivity contribution in [1.29, 1.82) is 0 Å². The molecule has 0 fully saturated rings. The summed E-state index contributed by atoms with van der Waals surface area (Å²) in [4.78, 5) is 4.13. The highest BCUT2D eigenvalue weighted by Gasteiger charge is 2.02. The fourth-order valence-corrected chi connectivity index (χ4v) is 1.63. The predicted molar refractivity (Wildman–Crippen MR) is 71.1 cm³/mol. The molecule has 0 aliphatic carbocycles. The highest BCUT2D eigenvalue weighted by atomic mass is 16.5. The highest BCUT2D eigenvalue weighted by Crippen LogP contribution is 2.21. The zero-order valence-corrected chi connectivity index (χ0v) is 10.5. The number of nitrogens with zero attached hydrogens (tertiary/aromatic N) is 1. The maximum absolute atomic E-state index is 5.18. The predicted octanol–water partition coefficient (Wildman–Crippen LogP) is 2.71. The van der Waals surface area contributed by atoms with Crippen molar-refractivity contribution in [3.8, 4) is 11.6 Å². The SMILES string of the molecule is COc1ccc(CNc2cccnc2OC)cc1. The minimum atomic E-state index is 0.603. The topological polar surface area (TPSA) is 43.4 Å². The van der Waals surface area contributed by atoms with Crippen LogP contribution in [0.25, 0.3) is 0 Å². The first-order chi connectivity index (χ1) is 8.83. The molecule has 1 aromatic carbocycles. The molecule has 0 saturated carbocycles. The molecule has 0 unspecified atom stereocenters. The molecule has 4 heteroatoms. The van der Waals surface area contributed by atoms with Gasteiger partial charge in [-0.1, -0.05) is 12.1 Å². The first-order valence-corrected chi connectivity index (χ1v) is 5.69. The van der Waals surface area contributed by atoms with Gasteiger partial charge in [-0.05, 0) is 29.8 Å². The Morgan fingerprint density at radius 3 is 2.50 bits per heavy atom. The monoisotopic (exact) mass is 244 g/mol. The van der Waals surface area contributed by atoms with E-state index in [0.717, 1.165) is 11.4 Å². The van der Waals surface area contributed by atoms with Crippen molar-refractivity contribution in [1.82, 2.24) is 4.98 Å². The summed E-state index contributed by atoms with van der Waals surface area (Å²) in [5.74, 6) is 1.46. The molecule has 4 nitrogen and oxygen atoms in total. The molecular weight excluding hydrogens is 228 g/mol. The van der Waals surface area contributed by atoms with Crippen LogP contribution in [0.15, 0.2) is 42.6 Å². The Bertz CT molecular complexity index is 497. The number of nitrogens with one attached hydrogen (secondary N) is 1. The van der Waals surface area contributed by atoms with Gasteiger partial charge in [0.25, 0.3) is 0 Å². The van der Waals surface area contributed by atoms with E-state index in [4.69, 9.17) is 9.47 Å². The van der Waals surface area contributed by atoms with Crippen LogP contribution >= 0.6 is 0 Å². The van der Waals surface area contributed by atoms with E-state index in [-0.39, 0.29) is 0 Å². The van der Waals surface area contributed by atoms with E-state index in [0.29, 0.717) is 12.4 Å². The second kappa shape index (κ2) is 5.91. The minimum Gasteiger partial charge on any atom is -0.497 e. The van der Waals surface area contributed by atoms with Crippen molar-refractivity contribution in [2.45, 2.75) is 6.54 Å². The maximum atomic E-state index is 5.18. The first-order valence-electron chi connectivity index (χ1n) is 5.69. The summed E-state index contributed by atoms with van der Waals surface area (Å²) in [6.07, 6.45) is 1.71. The molecular formula is C14H16N2O2. The number of rotatable bonds is 5. The van der Waals surface area contributed by atoms with Crippen molar-refractivity contribution >= 4 is 5.69 Å². The van der Waals surface area contributed by atoms with E-state index in [1.807, 2.05) is 36.4 Å². The van der Waals surface area contributed by atoms with Crippen molar-refractivity contribution in [2.75, 3.05) is 19.5 Å². The molecule has 0 radical (unpaired) electrons. The standard InChI is InChI=1S/C14H16N2O2/c1-17-12-7-5-11(6-8-12)10-16-13-4-3-9-15-14(13)18-2/h3-9,16H,10H2,1-2H3. The molecule has 1 heterocycles. The molecule has 0 amide bonds. The number of hydrogen-bond donors (Lipinski definition) is 1. The average Bonchev–Trinajstić information content (AvgIpc) is 2.46. The number of benzene rings is 1. The number of hydrogen-bond acceptors (Lipinski definition) is 4. The van der Waals surface area contributed by atoms with Crippen molar-refractivity contribution in [3.63, 3.8) is 0 Å². The smallest absolute Gasteiger partial charge is 0.237 e. The molecule has 1 N–H and O–H groups in total. The summed E-state index contributed by atoms with van der Waals surface area (Å²) in [6.45, 7) is 0.714. The average molecular weight is 244 g/mol. The third-order valence-corrected chi connectivity index (χ3v) is 2.61. The Morgan fingerprint density at radius 1 is 1.06 bits per heavy atom. The third-order valence-electron chi connectivity index (χ3n) is 2.61. The summed E-state index contributed by atoms with van der Waals surface area (Å²) < 4.78 is 10.3. The van der Waals surface area contributed by atoms with Gasteiger partial charge in [-0.25, -0.2) is 4.98 Å². The molecule has 0 saturated heterocycles. The molecule has 2 rings (SSSR count). The van der Waals surface area contributed by atoms with Gasteiger partial charge in [0.15, 0.2) is 0 Å². The minimum absolute atomic E-state index is 0.603. The summed E-state index contributed by atoms with van der Waals surface area (Å²) in [7, 11) is 3.27. The van der Waals surface area contributed by atoms with Crippen molar-refractivity contribution in [3.05, 3.63) is 48.2 Å². The lowest BCUT2D eigenvalue weighted by molar-refractivity contribution is 0.399. The molecule has 0 aliphatic heterocycles. The number of anilines is 1. The summed E-state index contributed by atoms with van der Waals surface area (Å²) >= 11 is 0. The number of ether oxygens (including phenoxy) is 2. The van der Waals surface area contributed by atoms with E-state index >= 15 is 0 Å². The molecule has 0 atom stereocenters. The van der Waals surface area contributed by atoms with Crippen LogP contribution in [0.2, 0.25) is 0 Å². The number of aromatic nitrogens is 1. The van der Waals surface area contributed by atoms with Crippen LogP contribution in [0.4, 0.5) is 5.69 Å². The van der Waals surface area contributed by atoms with Crippen LogP contribution in [0.3, 0.4) is 0 Å². The van der Waals surface area contributed by atoms with Crippen molar-refractivity contribution < 1.29 is 9.47 Å². The van der Waals surface area contributed by atoms with Crippen LogP contribution in [0.5, 0.6) is 11.6 Å². The largest absolute Gasteiger partial charge is 0.497 e. The fourth-order valence-electron chi connectivity index (χ4n) is 1.63. The maximum Gasteiger partial charge on any atom is 0.237 e. The first kappa shape index (κ1) is 12.2. The van der Waals surface area contributed by atoms with Crippen LogP contribution in [0.1, 0.15) is 5.56 Å². The Morgan fingerprint density at radius 2 is 1.83 bits per heavy atom. The van der Waals surface area contributed by atoms with E-state index in [1.54, 1.807) is 20.4 Å². The Kier molecular flexibility index (Phi) is 4.02. The lowest BCUT2D eigenvalue weighted by atomic mass is 10.2. The van der Waals surface area contributed by atoms with Gasteiger partial charge in [-0.15, -0.1) is 0 Å². The second-order valence-corrected chi connectivity index (χ2v) is 3.76. The molecule has 0 aliphatic rings. The van der Waals surface area contributed by atoms with E-state index in [1.165, 1.54) is 5.56 Å². The van der Waals surface area contributed by atoms with Crippen LogP contribution in [0, 0.1) is 0 Å². The normalized spacial score (nSPS) is 9.89. The summed E-state index contributed by atoms with van der Waals surface area (Å²) in [5, 5.41) is 3.29. The van der Waals surface area contributed by atoms with Gasteiger partial charge in [0.1, 0.15) is 5.75 Å². The fraction of sp³-hybridized carbons (Fsp3) is 0.214. The van der Waals surface area contributed by atoms with Gasteiger partial charge < -0.3 is 14.8 Å². The second-order valence-electron chi connectivity index (χ2n) is 3.76. The van der Waals surface area contributed by atoms with Crippen molar-refractivity contribution in [2.24, 2.45) is 0 Å². The molecule has 18 heavy (non-hydrogen) atoms. The Hall–Kier alpha value is -2.23. The molecule has 2 aromatic rings. The molecule has 94 valence electrons. The number of pyridine rings is 1. The molecule has 0 bridgehead atoms. The van der Waals surface area contributed by atoms with Gasteiger partial charge in [0.05, 0.1) is 19.9 Å². The summed E-state index contributed by atoms with van der Waals surface area (Å²) in [6, 6.07) is 11.7. The molecule has 1 aromatic heterocycles. The Labute approximate surface area is 107 Å². The third kappa shape index (κ3) is 2.91. The lowest BCUT2D eigenvalue weighted by Crippen LogP contribution is -2.02. The van der Waals surface area contributed by atoms with E-state index in [2.05, 4.69) is 10.3 Å². The number of methoxy groups -OCH3 is 2. The summed E-state index contributed by atoms with van der Waals surface area (Å²) in [5.41, 5.74) is 2.05. The highest BCUT2D eigenvalue weighted by molar-refractivity contribution is 5.52. The van der Waals surface area contributed by atoms with Crippen LogP contribution in [-0.4, -0.2) is 19.2 Å². The van der Waals surface area contributed by atoms with E-state index < -0.39 is 0 Å². The van der Waals surface area contributed by atoms with Gasteiger partial charge in [0.2, 0.25) is 5.88 Å². The Balaban J connectivity index is 2.02. The van der Waals surface area contributed by atoms with Gasteiger partial charge >= 0.3 is 0 Å². The zero-order chi connectivity index (χ0) is 12.8. The van der Waals surface area contributed by atoms with Gasteiger partial charge in [0, 0.05) is 12.7 Å². The molecule has 0 spiro atoms. The lowest BCUT2D eigenvalue weighted by Gasteiger charge is -2.10. The van der Waals surface area contributed by atoms with Crippen LogP contribution < -0.4 is 14.8 Å². The van der Waals surface area contributed by atoms with Gasteiger partial charge in [-0.3, -0.25) is 0 Å².